The molecule has 5 heteroatoms. The van der Waals surface area contributed by atoms with Crippen molar-refractivity contribution in [3.05, 3.63) is 0 Å². The van der Waals surface area contributed by atoms with E-state index in [1.807, 2.05) is 0 Å². The van der Waals surface area contributed by atoms with Gasteiger partial charge in [0.15, 0.2) is 9.76 Å². The topological polar surface area (TPSA) is 9.23 Å². The van der Waals surface area contributed by atoms with Crippen molar-refractivity contribution in [2.75, 3.05) is 12.4 Å². The molecule has 0 saturated heterocycles. The molecule has 0 aliphatic rings. The average Bonchev–Trinajstić information content (AvgIpc) is 1.80. The van der Waals surface area contributed by atoms with Crippen molar-refractivity contribution in [3.8, 4) is 0 Å². The zero-order chi connectivity index (χ0) is 7.11. The van der Waals surface area contributed by atoms with E-state index in [4.69, 9.17) is 27.6 Å². The predicted molar refractivity (Wildman–Crippen MR) is 48.7 cm³/mol. The molecular formula is C4H10Cl2OSSi. The highest BCUT2D eigenvalue weighted by Gasteiger charge is 1.96. The smallest absolute Gasteiger partial charge is 0.162 e. The van der Waals surface area contributed by atoms with Crippen molar-refractivity contribution >= 4 is 45.6 Å². The minimum atomic E-state index is -0.377. The van der Waals surface area contributed by atoms with E-state index in [9.17, 15) is 0 Å². The molecule has 0 N–H and O–H groups in total. The van der Waals surface area contributed by atoms with E-state index in [1.165, 1.54) is 0 Å². The summed E-state index contributed by atoms with van der Waals surface area (Å²) in [6, 6.07) is 1.09. The Morgan fingerprint density at radius 1 is 1.56 bits per heavy atom. The second kappa shape index (κ2) is 7.22. The first-order valence-corrected chi connectivity index (χ1v) is 5.82. The number of alkyl halides is 2. The maximum Gasteiger partial charge on any atom is 0.162 e. The van der Waals surface area contributed by atoms with Crippen LogP contribution in [0.25, 0.3) is 0 Å². The van der Waals surface area contributed by atoms with Gasteiger partial charge in [-0.2, -0.15) is 12.6 Å². The van der Waals surface area contributed by atoms with E-state index in [-0.39, 0.29) is 14.6 Å². The molecule has 0 bridgehead atoms. The monoisotopic (exact) mass is 204 g/mol. The predicted octanol–water partition coefficient (Wildman–Crippen LogP) is 1.24. The third-order valence-electron chi connectivity index (χ3n) is 0.691. The summed E-state index contributed by atoms with van der Waals surface area (Å²) in [7, 11) is -0.377. The zero-order valence-corrected chi connectivity index (χ0v) is 8.84. The fraction of sp³-hybridized carbons (Fsp3) is 1.00. The third-order valence-corrected chi connectivity index (χ3v) is 3.02. The Morgan fingerprint density at radius 2 is 2.22 bits per heavy atom. The number of hydrogen-bond donors (Lipinski definition) is 1. The number of thiol groups is 1. The van der Waals surface area contributed by atoms with Gasteiger partial charge in [-0.25, -0.2) is 0 Å². The molecule has 56 valence electrons. The second-order valence-corrected chi connectivity index (χ2v) is 4.79. The van der Waals surface area contributed by atoms with Crippen LogP contribution in [0.15, 0.2) is 0 Å². The molecule has 0 aromatic rings. The Morgan fingerprint density at radius 3 is 2.67 bits per heavy atom. The molecular weight excluding hydrogens is 195 g/mol. The Bertz CT molecular complexity index is 64.5. The SMILES string of the molecule is SCC[SiH2]OCC(Cl)Cl. The number of halogens is 2. The van der Waals surface area contributed by atoms with Crippen LogP contribution in [0.5, 0.6) is 0 Å². The van der Waals surface area contributed by atoms with E-state index >= 15 is 0 Å². The van der Waals surface area contributed by atoms with Gasteiger partial charge in [0.25, 0.3) is 0 Å². The van der Waals surface area contributed by atoms with E-state index < -0.39 is 0 Å². The highest BCUT2D eigenvalue weighted by Crippen LogP contribution is 2.00. The summed E-state index contributed by atoms with van der Waals surface area (Å²) in [4.78, 5) is -0.364. The van der Waals surface area contributed by atoms with Gasteiger partial charge < -0.3 is 4.43 Å². The molecule has 0 atom stereocenters. The maximum atomic E-state index is 5.40. The molecule has 0 aliphatic carbocycles. The van der Waals surface area contributed by atoms with Crippen molar-refractivity contribution in [1.29, 1.82) is 0 Å². The molecule has 0 unspecified atom stereocenters. The standard InChI is InChI=1S/C4H10Cl2OSSi/c5-4(6)3-7-9-2-1-8/h4,8H,1-3,9H2. The molecule has 0 heterocycles. The molecule has 0 radical (unpaired) electrons. The summed E-state index contributed by atoms with van der Waals surface area (Å²) >= 11 is 14.8. The minimum absolute atomic E-state index is 0.364. The lowest BCUT2D eigenvalue weighted by Crippen LogP contribution is -2.06. The van der Waals surface area contributed by atoms with Crippen molar-refractivity contribution in [2.24, 2.45) is 0 Å². The lowest BCUT2D eigenvalue weighted by Gasteiger charge is -2.01. The molecule has 0 spiro atoms. The number of rotatable bonds is 5. The van der Waals surface area contributed by atoms with Gasteiger partial charge in [0.1, 0.15) is 4.84 Å². The fourth-order valence-corrected chi connectivity index (χ4v) is 1.94. The van der Waals surface area contributed by atoms with Crippen LogP contribution in [-0.4, -0.2) is 27.0 Å². The second-order valence-electron chi connectivity index (χ2n) is 1.54. The van der Waals surface area contributed by atoms with E-state index in [0.29, 0.717) is 6.61 Å². The van der Waals surface area contributed by atoms with Crippen molar-refractivity contribution in [3.63, 3.8) is 0 Å². The van der Waals surface area contributed by atoms with Crippen LogP contribution in [0.1, 0.15) is 0 Å². The minimum Gasteiger partial charge on any atom is -0.421 e. The average molecular weight is 205 g/mol. The molecule has 0 amide bonds. The van der Waals surface area contributed by atoms with Crippen molar-refractivity contribution < 1.29 is 4.43 Å². The van der Waals surface area contributed by atoms with Gasteiger partial charge in [-0.05, 0) is 11.8 Å². The van der Waals surface area contributed by atoms with Crippen LogP contribution >= 0.6 is 35.8 Å². The van der Waals surface area contributed by atoms with Gasteiger partial charge in [0.2, 0.25) is 0 Å². The van der Waals surface area contributed by atoms with E-state index in [2.05, 4.69) is 12.6 Å². The lowest BCUT2D eigenvalue weighted by atomic mass is 10.9. The van der Waals surface area contributed by atoms with Gasteiger partial charge in [0.05, 0.1) is 6.61 Å². The van der Waals surface area contributed by atoms with E-state index in [1.54, 1.807) is 0 Å². The van der Waals surface area contributed by atoms with Crippen LogP contribution in [0.4, 0.5) is 0 Å². The van der Waals surface area contributed by atoms with Gasteiger partial charge in [-0.15, -0.1) is 23.2 Å². The molecule has 0 rings (SSSR count). The molecule has 9 heavy (non-hydrogen) atoms. The Balaban J connectivity index is 2.75. The Kier molecular flexibility index (Phi) is 8.10. The van der Waals surface area contributed by atoms with Gasteiger partial charge in [0, 0.05) is 0 Å². The van der Waals surface area contributed by atoms with Crippen LogP contribution in [0.2, 0.25) is 6.04 Å². The molecule has 0 saturated carbocycles. The molecule has 0 fully saturated rings. The van der Waals surface area contributed by atoms with Crippen LogP contribution in [0.3, 0.4) is 0 Å². The quantitative estimate of drug-likeness (QED) is 0.307. The summed E-state index contributed by atoms with van der Waals surface area (Å²) in [5, 5.41) is 0. The van der Waals surface area contributed by atoms with Crippen molar-refractivity contribution in [1.82, 2.24) is 0 Å². The Labute approximate surface area is 73.4 Å². The van der Waals surface area contributed by atoms with Crippen LogP contribution in [0, 0.1) is 0 Å². The zero-order valence-electron chi connectivity index (χ0n) is 5.02. The maximum absolute atomic E-state index is 5.40. The first kappa shape index (κ1) is 10.1. The largest absolute Gasteiger partial charge is 0.421 e. The molecule has 0 aliphatic heterocycles. The molecule has 1 nitrogen and oxygen atoms in total. The summed E-state index contributed by atoms with van der Waals surface area (Å²) in [6.07, 6.45) is 0. The highest BCUT2D eigenvalue weighted by molar-refractivity contribution is 7.80. The molecule has 0 aromatic carbocycles. The number of hydrogen-bond acceptors (Lipinski definition) is 2. The van der Waals surface area contributed by atoms with Gasteiger partial charge >= 0.3 is 0 Å². The summed E-state index contributed by atoms with van der Waals surface area (Å²) in [5.74, 6) is 0.904. The first-order valence-electron chi connectivity index (χ1n) is 2.74. The van der Waals surface area contributed by atoms with Crippen LogP contribution < -0.4 is 0 Å². The van der Waals surface area contributed by atoms with Gasteiger partial charge in [-0.1, -0.05) is 0 Å². The van der Waals surface area contributed by atoms with Crippen molar-refractivity contribution in [2.45, 2.75) is 10.9 Å². The van der Waals surface area contributed by atoms with E-state index in [0.717, 1.165) is 11.8 Å². The first-order chi connectivity index (χ1) is 4.27. The van der Waals surface area contributed by atoms with Crippen LogP contribution in [-0.2, 0) is 4.43 Å². The highest BCUT2D eigenvalue weighted by atomic mass is 35.5. The third kappa shape index (κ3) is 9.11. The molecule has 0 aromatic heterocycles. The lowest BCUT2D eigenvalue weighted by molar-refractivity contribution is 0.355. The normalized spacial score (nSPS) is 12.0. The fourth-order valence-electron chi connectivity index (χ4n) is 0.339. The summed E-state index contributed by atoms with van der Waals surface area (Å²) < 4.78 is 5.16. The summed E-state index contributed by atoms with van der Waals surface area (Å²) in [5.41, 5.74) is 0. The summed E-state index contributed by atoms with van der Waals surface area (Å²) in [6.45, 7) is 0.475. The Hall–Kier alpha value is 1.11. The van der Waals surface area contributed by atoms with Gasteiger partial charge in [-0.3, -0.25) is 0 Å².